The summed E-state index contributed by atoms with van der Waals surface area (Å²) in [5.74, 6) is -2.83. The molecule has 204 valence electrons. The van der Waals surface area contributed by atoms with Gasteiger partial charge >= 0.3 is 12.1 Å². The van der Waals surface area contributed by atoms with Gasteiger partial charge in [0.2, 0.25) is 11.8 Å². The number of nitrogens with one attached hydrogen (secondary N) is 4. The van der Waals surface area contributed by atoms with Gasteiger partial charge in [0.15, 0.2) is 12.2 Å². The molecule has 2 heterocycles. The summed E-state index contributed by atoms with van der Waals surface area (Å²) in [6, 6.07) is -3.29. The molecule has 13 heteroatoms. The molecule has 0 aromatic rings. The lowest BCUT2D eigenvalue weighted by atomic mass is 10.0. The van der Waals surface area contributed by atoms with Crippen molar-refractivity contribution in [2.24, 2.45) is 0 Å². The molecule has 0 aromatic carbocycles. The number of carboxylic acid groups (broad SMARTS) is 1. The van der Waals surface area contributed by atoms with Crippen molar-refractivity contribution in [3.05, 3.63) is 0 Å². The number of aliphatic carboxylic acids is 1. The van der Waals surface area contributed by atoms with Crippen LogP contribution in [0.1, 0.15) is 60.3 Å². The molecule has 13 nitrogen and oxygen atoms in total. The average Bonchev–Trinajstić information content (AvgIpc) is 2.78. The number of alkyl carbamates (subject to hydrolysis) is 1. The predicted molar refractivity (Wildman–Crippen MR) is 126 cm³/mol. The maximum Gasteiger partial charge on any atom is 0.408 e. The summed E-state index contributed by atoms with van der Waals surface area (Å²) in [5, 5.41) is 19.7. The topological polar surface area (TPSA) is 181 Å². The van der Waals surface area contributed by atoms with Crippen LogP contribution < -0.4 is 21.3 Å². The van der Waals surface area contributed by atoms with Crippen LogP contribution in [-0.2, 0) is 33.4 Å². The molecular weight excluding hydrogens is 476 g/mol. The smallest absolute Gasteiger partial charge is 0.408 e. The van der Waals surface area contributed by atoms with Crippen molar-refractivity contribution in [1.29, 1.82) is 0 Å². The summed E-state index contributed by atoms with van der Waals surface area (Å²) in [5.41, 5.74) is -0.720. The summed E-state index contributed by atoms with van der Waals surface area (Å²) in [6.45, 7) is 8.67. The number of carbonyl (C=O) groups excluding carboxylic acids is 4. The molecule has 2 aliphatic heterocycles. The van der Waals surface area contributed by atoms with E-state index >= 15 is 0 Å². The lowest BCUT2D eigenvalue weighted by molar-refractivity contribution is -0.156. The Morgan fingerprint density at radius 3 is 1.81 bits per heavy atom. The maximum absolute atomic E-state index is 12.9. The number of hydrogen-bond donors (Lipinski definition) is 5. The monoisotopic (exact) mass is 514 g/mol. The number of carboxylic acids is 1. The van der Waals surface area contributed by atoms with E-state index in [9.17, 15) is 29.1 Å². The highest BCUT2D eigenvalue weighted by atomic mass is 16.6. The molecule has 4 amide bonds. The first-order valence-electron chi connectivity index (χ1n) is 12.1. The third-order valence-electron chi connectivity index (χ3n) is 5.68. The van der Waals surface area contributed by atoms with Crippen LogP contribution in [0.3, 0.4) is 0 Å². The van der Waals surface area contributed by atoms with Crippen LogP contribution in [-0.4, -0.2) is 90.1 Å². The van der Waals surface area contributed by atoms with E-state index in [4.69, 9.17) is 14.2 Å². The first-order chi connectivity index (χ1) is 16.8. The zero-order valence-corrected chi connectivity index (χ0v) is 21.4. The van der Waals surface area contributed by atoms with Crippen LogP contribution in [0.25, 0.3) is 0 Å². The van der Waals surface area contributed by atoms with Gasteiger partial charge in [0.05, 0.1) is 12.1 Å². The fourth-order valence-electron chi connectivity index (χ4n) is 3.89. The van der Waals surface area contributed by atoms with Crippen molar-refractivity contribution < 1.29 is 43.3 Å². The Morgan fingerprint density at radius 1 is 0.833 bits per heavy atom. The van der Waals surface area contributed by atoms with Gasteiger partial charge in [0.25, 0.3) is 5.91 Å². The molecule has 2 fully saturated rings. The third-order valence-corrected chi connectivity index (χ3v) is 5.68. The summed E-state index contributed by atoms with van der Waals surface area (Å²) < 4.78 is 16.0. The Kier molecular flexibility index (Phi) is 10.5. The van der Waals surface area contributed by atoms with Gasteiger partial charge in [-0.3, -0.25) is 14.4 Å². The Labute approximate surface area is 210 Å². The van der Waals surface area contributed by atoms with Gasteiger partial charge in [-0.05, 0) is 60.3 Å². The van der Waals surface area contributed by atoms with Crippen LogP contribution in [0, 0.1) is 0 Å². The number of hydrogen-bond acceptors (Lipinski definition) is 8. The fourth-order valence-corrected chi connectivity index (χ4v) is 3.89. The Bertz CT molecular complexity index is 829. The predicted octanol–water partition coefficient (Wildman–Crippen LogP) is -0.183. The quantitative estimate of drug-likeness (QED) is 0.293. The van der Waals surface area contributed by atoms with E-state index in [2.05, 4.69) is 21.3 Å². The van der Waals surface area contributed by atoms with Gasteiger partial charge < -0.3 is 40.6 Å². The van der Waals surface area contributed by atoms with E-state index in [0.717, 1.165) is 0 Å². The molecule has 2 rings (SSSR count). The van der Waals surface area contributed by atoms with Gasteiger partial charge in [0.1, 0.15) is 17.7 Å². The van der Waals surface area contributed by atoms with E-state index in [1.54, 1.807) is 20.8 Å². The number of ether oxygens (including phenoxy) is 3. The Morgan fingerprint density at radius 2 is 1.31 bits per heavy atom. The minimum Gasteiger partial charge on any atom is -0.479 e. The summed E-state index contributed by atoms with van der Waals surface area (Å²) in [4.78, 5) is 61.4. The largest absolute Gasteiger partial charge is 0.479 e. The van der Waals surface area contributed by atoms with Crippen molar-refractivity contribution in [2.75, 3.05) is 13.2 Å². The highest BCUT2D eigenvalue weighted by Gasteiger charge is 2.37. The first kappa shape index (κ1) is 29.3. The third kappa shape index (κ3) is 8.94. The normalized spacial score (nSPS) is 26.0. The summed E-state index contributed by atoms with van der Waals surface area (Å²) >= 11 is 0. The minimum atomic E-state index is -1.17. The molecule has 2 saturated heterocycles. The standard InChI is InChI=1S/C23H38N4O9/c1-12(18(28)27-15-9-7-11-35-17(15)21(31)32)24-20(30)16-14(8-6-10-34-16)26-19(29)13(2)25-22(33)36-23(3,4)5/h12-17H,6-11H2,1-5H3,(H,24,30)(H,25,33)(H,26,29)(H,27,28)(H,31,32)/t12-,13-,14+,15+,16+,17+/m1/s1. The van der Waals surface area contributed by atoms with Crippen molar-refractivity contribution in [1.82, 2.24) is 21.3 Å². The number of carbonyl (C=O) groups is 5. The second-order valence-electron chi connectivity index (χ2n) is 10.0. The van der Waals surface area contributed by atoms with Crippen molar-refractivity contribution >= 4 is 29.8 Å². The van der Waals surface area contributed by atoms with Gasteiger partial charge in [-0.2, -0.15) is 0 Å². The molecule has 0 aromatic heterocycles. The van der Waals surface area contributed by atoms with E-state index in [1.807, 2.05) is 0 Å². The molecule has 0 bridgehead atoms. The van der Waals surface area contributed by atoms with E-state index in [1.165, 1.54) is 13.8 Å². The lowest BCUT2D eigenvalue weighted by Crippen LogP contribution is -2.60. The molecule has 0 unspecified atom stereocenters. The van der Waals surface area contributed by atoms with Gasteiger partial charge in [-0.15, -0.1) is 0 Å². The number of amides is 4. The van der Waals surface area contributed by atoms with E-state index < -0.39 is 71.8 Å². The Balaban J connectivity index is 1.91. The van der Waals surface area contributed by atoms with Crippen LogP contribution in [0.5, 0.6) is 0 Å². The average molecular weight is 515 g/mol. The fraction of sp³-hybridized carbons (Fsp3) is 0.783. The van der Waals surface area contributed by atoms with Gasteiger partial charge in [-0.25, -0.2) is 9.59 Å². The second kappa shape index (κ2) is 12.9. The summed E-state index contributed by atoms with van der Waals surface area (Å²) in [7, 11) is 0. The lowest BCUT2D eigenvalue weighted by Gasteiger charge is -2.33. The number of rotatable bonds is 8. The van der Waals surface area contributed by atoms with Gasteiger partial charge in [-0.1, -0.05) is 0 Å². The molecule has 6 atom stereocenters. The first-order valence-corrected chi connectivity index (χ1v) is 12.1. The molecule has 0 aliphatic carbocycles. The Hall–Kier alpha value is -2.93. The van der Waals surface area contributed by atoms with Crippen LogP contribution in [0.2, 0.25) is 0 Å². The highest BCUT2D eigenvalue weighted by molar-refractivity contribution is 5.91. The second-order valence-corrected chi connectivity index (χ2v) is 10.0. The van der Waals surface area contributed by atoms with Gasteiger partial charge in [0, 0.05) is 13.2 Å². The molecule has 0 saturated carbocycles. The molecule has 2 aliphatic rings. The zero-order chi connectivity index (χ0) is 27.0. The SMILES string of the molecule is C[C@@H](NC(=O)OC(C)(C)C)C(=O)N[C@H]1CCCO[C@@H]1C(=O)N[C@H](C)C(=O)N[C@H]1CCCO[C@@H]1C(=O)O. The highest BCUT2D eigenvalue weighted by Crippen LogP contribution is 2.16. The van der Waals surface area contributed by atoms with Crippen LogP contribution in [0.15, 0.2) is 0 Å². The molecule has 0 radical (unpaired) electrons. The molecule has 5 N–H and O–H groups in total. The summed E-state index contributed by atoms with van der Waals surface area (Å²) in [6.07, 6.45) is -0.820. The molecular formula is C23H38N4O9. The molecule has 0 spiro atoms. The van der Waals surface area contributed by atoms with Crippen molar-refractivity contribution in [3.8, 4) is 0 Å². The van der Waals surface area contributed by atoms with E-state index in [-0.39, 0.29) is 0 Å². The van der Waals surface area contributed by atoms with E-state index in [0.29, 0.717) is 38.9 Å². The van der Waals surface area contributed by atoms with Crippen LogP contribution >= 0.6 is 0 Å². The molecule has 36 heavy (non-hydrogen) atoms. The van der Waals surface area contributed by atoms with Crippen molar-refractivity contribution in [3.63, 3.8) is 0 Å². The minimum absolute atomic E-state index is 0.299. The maximum atomic E-state index is 12.9. The zero-order valence-electron chi connectivity index (χ0n) is 21.4. The van der Waals surface area contributed by atoms with Crippen molar-refractivity contribution in [2.45, 2.75) is 102 Å². The van der Waals surface area contributed by atoms with Crippen LogP contribution in [0.4, 0.5) is 4.79 Å².